The summed E-state index contributed by atoms with van der Waals surface area (Å²) in [5.74, 6) is -0.124. The summed E-state index contributed by atoms with van der Waals surface area (Å²) in [5.41, 5.74) is 0.778. The fourth-order valence-corrected chi connectivity index (χ4v) is 2.12. The maximum atomic E-state index is 11.6. The number of non-ortho nitro benzene ring substituents is 1. The molecule has 2 aromatic carbocycles. The van der Waals surface area contributed by atoms with Gasteiger partial charge in [-0.05, 0) is 12.1 Å². The number of thiazole rings is 1. The minimum absolute atomic E-state index is 0.124. The second-order valence-corrected chi connectivity index (χ2v) is 5.14. The van der Waals surface area contributed by atoms with Crippen LogP contribution in [0.3, 0.4) is 0 Å². The number of nitrogens with zero attached hydrogens (tertiary/aromatic N) is 2. The third kappa shape index (κ3) is 5.33. The molecule has 116 valence electrons. The number of hydrogen-bond acceptors (Lipinski definition) is 5. The van der Waals surface area contributed by atoms with E-state index in [2.05, 4.69) is 10.3 Å². The molecule has 0 bridgehead atoms. The van der Waals surface area contributed by atoms with Crippen LogP contribution in [-0.2, 0) is 0 Å². The van der Waals surface area contributed by atoms with Gasteiger partial charge in [0.2, 0.25) is 0 Å². The quantitative estimate of drug-likeness (QED) is 0.582. The molecule has 1 heterocycles. The first-order valence-corrected chi connectivity index (χ1v) is 7.50. The molecule has 0 fully saturated rings. The Bertz CT molecular complexity index is 747. The van der Waals surface area contributed by atoms with Crippen molar-refractivity contribution in [3.63, 3.8) is 0 Å². The monoisotopic (exact) mass is 327 g/mol. The molecule has 0 aliphatic rings. The number of benzene rings is 2. The summed E-state index contributed by atoms with van der Waals surface area (Å²) in [6.45, 7) is 0. The van der Waals surface area contributed by atoms with Gasteiger partial charge in [-0.15, -0.1) is 11.3 Å². The Hall–Kier alpha value is -3.06. The summed E-state index contributed by atoms with van der Waals surface area (Å²) >= 11 is 1.40. The Balaban J connectivity index is 0.000000185. The lowest BCUT2D eigenvalue weighted by atomic mass is 10.2. The van der Waals surface area contributed by atoms with Gasteiger partial charge in [-0.25, -0.2) is 4.98 Å². The standard InChI is InChI=1S/C10H8N2OS.C6H5NO2/c13-9(8-4-2-1-3-5-8)12-10-11-6-7-14-10;8-7(9)6-4-2-1-3-5-6/h1-7H,(H,11,12,13);1-5H. The first kappa shape index (κ1) is 16.3. The predicted octanol–water partition coefficient (Wildman–Crippen LogP) is 3.99. The van der Waals surface area contributed by atoms with Gasteiger partial charge in [-0.2, -0.15) is 0 Å². The van der Waals surface area contributed by atoms with E-state index < -0.39 is 4.92 Å². The Morgan fingerprint density at radius 2 is 1.65 bits per heavy atom. The highest BCUT2D eigenvalue weighted by atomic mass is 32.1. The topological polar surface area (TPSA) is 85.1 Å². The van der Waals surface area contributed by atoms with Crippen molar-refractivity contribution in [2.24, 2.45) is 0 Å². The number of aromatic nitrogens is 1. The molecule has 0 saturated carbocycles. The zero-order chi connectivity index (χ0) is 16.5. The Morgan fingerprint density at radius 1 is 1.04 bits per heavy atom. The van der Waals surface area contributed by atoms with E-state index >= 15 is 0 Å². The Morgan fingerprint density at radius 3 is 2.13 bits per heavy atom. The predicted molar refractivity (Wildman–Crippen MR) is 89.6 cm³/mol. The molecule has 0 radical (unpaired) electrons. The summed E-state index contributed by atoms with van der Waals surface area (Å²) in [6.07, 6.45) is 1.66. The number of carbonyl (C=O) groups excluding carboxylic acids is 1. The van der Waals surface area contributed by atoms with Crippen LogP contribution in [0.5, 0.6) is 0 Å². The number of amides is 1. The van der Waals surface area contributed by atoms with Gasteiger partial charge >= 0.3 is 0 Å². The largest absolute Gasteiger partial charge is 0.298 e. The van der Waals surface area contributed by atoms with Gasteiger partial charge in [0.05, 0.1) is 4.92 Å². The van der Waals surface area contributed by atoms with Crippen molar-refractivity contribution in [1.29, 1.82) is 0 Å². The number of para-hydroxylation sites is 1. The summed E-state index contributed by atoms with van der Waals surface area (Å²) in [5, 5.41) is 15.2. The van der Waals surface area contributed by atoms with Crippen LogP contribution in [-0.4, -0.2) is 15.8 Å². The number of carbonyl (C=O) groups is 1. The van der Waals surface area contributed by atoms with Crippen LogP contribution < -0.4 is 5.32 Å². The minimum atomic E-state index is -0.417. The van der Waals surface area contributed by atoms with Gasteiger partial charge in [0.1, 0.15) is 0 Å². The van der Waals surface area contributed by atoms with Crippen LogP contribution in [0.4, 0.5) is 10.8 Å². The number of hydrogen-bond donors (Lipinski definition) is 1. The van der Waals surface area contributed by atoms with Crippen LogP contribution in [0, 0.1) is 10.1 Å². The van der Waals surface area contributed by atoms with E-state index in [0.29, 0.717) is 10.7 Å². The molecule has 0 aliphatic heterocycles. The normalized spacial score (nSPS) is 9.39. The van der Waals surface area contributed by atoms with Crippen molar-refractivity contribution in [2.75, 3.05) is 5.32 Å². The fraction of sp³-hybridized carbons (Fsp3) is 0. The lowest BCUT2D eigenvalue weighted by Gasteiger charge is -1.99. The van der Waals surface area contributed by atoms with Crippen molar-refractivity contribution < 1.29 is 9.72 Å². The van der Waals surface area contributed by atoms with Crippen molar-refractivity contribution in [2.45, 2.75) is 0 Å². The third-order valence-electron chi connectivity index (χ3n) is 2.66. The first-order chi connectivity index (χ1) is 11.2. The summed E-state index contributed by atoms with van der Waals surface area (Å²) in [6, 6.07) is 17.0. The second-order valence-electron chi connectivity index (χ2n) is 4.25. The molecule has 0 aliphatic carbocycles. The summed E-state index contributed by atoms with van der Waals surface area (Å²) < 4.78 is 0. The van der Waals surface area contributed by atoms with E-state index in [9.17, 15) is 14.9 Å². The van der Waals surface area contributed by atoms with Crippen LogP contribution in [0.2, 0.25) is 0 Å². The van der Waals surface area contributed by atoms with Crippen LogP contribution in [0.1, 0.15) is 10.4 Å². The number of nitrogens with one attached hydrogen (secondary N) is 1. The molecule has 7 heteroatoms. The lowest BCUT2D eigenvalue weighted by Crippen LogP contribution is -2.11. The molecule has 3 aromatic rings. The first-order valence-electron chi connectivity index (χ1n) is 6.62. The Labute approximate surface area is 136 Å². The van der Waals surface area contributed by atoms with Crippen LogP contribution in [0.25, 0.3) is 0 Å². The molecule has 1 N–H and O–H groups in total. The zero-order valence-electron chi connectivity index (χ0n) is 12.0. The molecule has 1 aromatic heterocycles. The highest BCUT2D eigenvalue weighted by molar-refractivity contribution is 7.13. The molecule has 1 amide bonds. The summed E-state index contributed by atoms with van der Waals surface area (Å²) in [4.78, 5) is 25.1. The SMILES string of the molecule is O=C(Nc1nccs1)c1ccccc1.O=[N+]([O-])c1ccccc1. The van der Waals surface area contributed by atoms with Crippen molar-refractivity contribution >= 4 is 28.1 Å². The fourth-order valence-electron chi connectivity index (χ4n) is 1.59. The number of nitro benzene ring substituents is 1. The lowest BCUT2D eigenvalue weighted by molar-refractivity contribution is -0.384. The van der Waals surface area contributed by atoms with E-state index in [1.165, 1.54) is 23.5 Å². The second kappa shape index (κ2) is 8.40. The van der Waals surface area contributed by atoms with Crippen molar-refractivity contribution in [3.05, 3.63) is 87.9 Å². The van der Waals surface area contributed by atoms with Crippen LogP contribution in [0.15, 0.2) is 72.2 Å². The minimum Gasteiger partial charge on any atom is -0.298 e. The molecule has 3 rings (SSSR count). The van der Waals surface area contributed by atoms with Crippen molar-refractivity contribution in [1.82, 2.24) is 4.98 Å². The van der Waals surface area contributed by atoms with Gasteiger partial charge < -0.3 is 0 Å². The maximum absolute atomic E-state index is 11.6. The van der Waals surface area contributed by atoms with Gasteiger partial charge in [0.25, 0.3) is 11.6 Å². The molecular weight excluding hydrogens is 314 g/mol. The number of anilines is 1. The van der Waals surface area contributed by atoms with Crippen molar-refractivity contribution in [3.8, 4) is 0 Å². The molecule has 0 atom stereocenters. The van der Waals surface area contributed by atoms with E-state index in [4.69, 9.17) is 0 Å². The smallest absolute Gasteiger partial charge is 0.269 e. The average molecular weight is 327 g/mol. The molecule has 0 spiro atoms. The van der Waals surface area contributed by atoms with Gasteiger partial charge in [-0.3, -0.25) is 20.2 Å². The van der Waals surface area contributed by atoms with E-state index in [-0.39, 0.29) is 11.6 Å². The van der Waals surface area contributed by atoms with E-state index in [1.807, 2.05) is 23.6 Å². The molecule has 6 nitrogen and oxygen atoms in total. The molecule has 23 heavy (non-hydrogen) atoms. The highest BCUT2D eigenvalue weighted by Gasteiger charge is 2.05. The molecule has 0 saturated heterocycles. The van der Waals surface area contributed by atoms with Gasteiger partial charge in [0.15, 0.2) is 5.13 Å². The zero-order valence-corrected chi connectivity index (χ0v) is 12.8. The number of nitro groups is 1. The molecule has 0 unspecified atom stereocenters. The van der Waals surface area contributed by atoms with Gasteiger partial charge in [-0.1, -0.05) is 36.4 Å². The summed E-state index contributed by atoms with van der Waals surface area (Å²) in [7, 11) is 0. The highest BCUT2D eigenvalue weighted by Crippen LogP contribution is 2.12. The third-order valence-corrected chi connectivity index (χ3v) is 3.34. The van der Waals surface area contributed by atoms with Crippen LogP contribution >= 0.6 is 11.3 Å². The Kier molecular flexibility index (Phi) is 5.96. The molecular formula is C16H13N3O3S. The van der Waals surface area contributed by atoms with E-state index in [0.717, 1.165) is 0 Å². The maximum Gasteiger partial charge on any atom is 0.269 e. The average Bonchev–Trinajstić information content (AvgIpc) is 3.10. The van der Waals surface area contributed by atoms with Gasteiger partial charge in [0, 0.05) is 29.3 Å². The van der Waals surface area contributed by atoms with E-state index in [1.54, 1.807) is 36.5 Å². The number of rotatable bonds is 3.